The molecule has 140 valence electrons. The third-order valence-corrected chi connectivity index (χ3v) is 6.03. The molecular formula is C18H24N4O3S. The number of aryl methyl sites for hydroxylation is 1. The highest BCUT2D eigenvalue weighted by Gasteiger charge is 2.24. The summed E-state index contributed by atoms with van der Waals surface area (Å²) in [5.41, 5.74) is 2.27. The van der Waals surface area contributed by atoms with Crippen LogP contribution in [-0.4, -0.2) is 30.7 Å². The van der Waals surface area contributed by atoms with Gasteiger partial charge in [-0.15, -0.1) is 0 Å². The summed E-state index contributed by atoms with van der Waals surface area (Å²) in [6.45, 7) is 5.54. The Bertz CT molecular complexity index is 901. The zero-order valence-electron chi connectivity index (χ0n) is 15.0. The third kappa shape index (κ3) is 4.31. The molecule has 8 heteroatoms. The Morgan fingerprint density at radius 1 is 1.35 bits per heavy atom. The lowest BCUT2D eigenvalue weighted by Crippen LogP contribution is -2.27. The van der Waals surface area contributed by atoms with Crippen molar-refractivity contribution in [3.63, 3.8) is 0 Å². The minimum atomic E-state index is -3.59. The van der Waals surface area contributed by atoms with Gasteiger partial charge >= 0.3 is 0 Å². The molecule has 0 saturated heterocycles. The Labute approximate surface area is 153 Å². The molecule has 1 fully saturated rings. The molecule has 0 aliphatic heterocycles. The summed E-state index contributed by atoms with van der Waals surface area (Å²) in [7, 11) is -3.59. The zero-order valence-corrected chi connectivity index (χ0v) is 15.8. The molecule has 0 spiro atoms. The van der Waals surface area contributed by atoms with Gasteiger partial charge in [0.05, 0.1) is 11.1 Å². The minimum Gasteiger partial charge on any atom is -0.348 e. The standard InChI is InChI=1S/C18H24N4O3S/c1-3-22-13(2)16(12-20-22)11-19-18(23)15-5-4-6-17(9-15)26(24,25)21-10-14-7-8-14/h4-6,9,12,14,21H,3,7-8,10-11H2,1-2H3,(H,19,23). The summed E-state index contributed by atoms with van der Waals surface area (Å²) in [5, 5.41) is 7.07. The van der Waals surface area contributed by atoms with E-state index >= 15 is 0 Å². The van der Waals surface area contributed by atoms with Crippen LogP contribution in [0.5, 0.6) is 0 Å². The Kier molecular flexibility index (Phi) is 5.43. The van der Waals surface area contributed by atoms with Gasteiger partial charge in [-0.1, -0.05) is 6.07 Å². The van der Waals surface area contributed by atoms with Crippen LogP contribution in [0, 0.1) is 12.8 Å². The van der Waals surface area contributed by atoms with Crippen LogP contribution in [0.2, 0.25) is 0 Å². The fraction of sp³-hybridized carbons (Fsp3) is 0.444. The summed E-state index contributed by atoms with van der Waals surface area (Å²) in [6.07, 6.45) is 3.87. The van der Waals surface area contributed by atoms with Crippen LogP contribution in [0.4, 0.5) is 0 Å². The van der Waals surface area contributed by atoms with Crippen LogP contribution in [0.15, 0.2) is 35.4 Å². The number of hydrogen-bond donors (Lipinski definition) is 2. The minimum absolute atomic E-state index is 0.112. The monoisotopic (exact) mass is 376 g/mol. The smallest absolute Gasteiger partial charge is 0.251 e. The molecule has 0 radical (unpaired) electrons. The molecule has 0 bridgehead atoms. The molecule has 2 aromatic rings. The van der Waals surface area contributed by atoms with Gasteiger partial charge in [-0.2, -0.15) is 5.10 Å². The Balaban J connectivity index is 1.66. The Hall–Kier alpha value is -2.19. The van der Waals surface area contributed by atoms with Gasteiger partial charge in [0, 0.05) is 36.5 Å². The van der Waals surface area contributed by atoms with Crippen LogP contribution in [-0.2, 0) is 23.1 Å². The number of carbonyl (C=O) groups excluding carboxylic acids is 1. The second-order valence-corrected chi connectivity index (χ2v) is 8.34. The summed E-state index contributed by atoms with van der Waals surface area (Å²) in [6, 6.07) is 6.10. The van der Waals surface area contributed by atoms with Gasteiger partial charge in [0.15, 0.2) is 0 Å². The number of aromatic nitrogens is 2. The van der Waals surface area contributed by atoms with E-state index in [9.17, 15) is 13.2 Å². The van der Waals surface area contributed by atoms with Crippen molar-refractivity contribution in [3.8, 4) is 0 Å². The van der Waals surface area contributed by atoms with Gasteiger partial charge in [0.1, 0.15) is 0 Å². The van der Waals surface area contributed by atoms with Gasteiger partial charge in [0.2, 0.25) is 10.0 Å². The predicted molar refractivity (Wildman–Crippen MR) is 98.2 cm³/mol. The second-order valence-electron chi connectivity index (χ2n) is 6.58. The van der Waals surface area contributed by atoms with E-state index < -0.39 is 10.0 Å². The fourth-order valence-electron chi connectivity index (χ4n) is 2.69. The Morgan fingerprint density at radius 3 is 2.77 bits per heavy atom. The first kappa shape index (κ1) is 18.6. The third-order valence-electron chi connectivity index (χ3n) is 4.61. The number of nitrogens with zero attached hydrogens (tertiary/aromatic N) is 2. The maximum atomic E-state index is 12.4. The zero-order chi connectivity index (χ0) is 18.7. The molecule has 1 aromatic carbocycles. The van der Waals surface area contributed by atoms with Crippen LogP contribution >= 0.6 is 0 Å². The number of sulfonamides is 1. The first-order valence-corrected chi connectivity index (χ1v) is 10.3. The molecule has 1 aromatic heterocycles. The summed E-state index contributed by atoms with van der Waals surface area (Å²) in [5.74, 6) is 0.136. The maximum absolute atomic E-state index is 12.4. The quantitative estimate of drug-likeness (QED) is 0.735. The second kappa shape index (κ2) is 7.59. The average Bonchev–Trinajstić information content (AvgIpc) is 3.41. The highest BCUT2D eigenvalue weighted by atomic mass is 32.2. The van der Waals surface area contributed by atoms with Crippen molar-refractivity contribution in [1.29, 1.82) is 0 Å². The molecule has 7 nitrogen and oxygen atoms in total. The molecule has 2 N–H and O–H groups in total. The van der Waals surface area contributed by atoms with E-state index in [-0.39, 0.29) is 10.8 Å². The first-order chi connectivity index (χ1) is 12.4. The average molecular weight is 376 g/mol. The molecule has 1 aliphatic rings. The SMILES string of the molecule is CCn1ncc(CNC(=O)c2cccc(S(=O)(=O)NCC3CC3)c2)c1C. The summed E-state index contributed by atoms with van der Waals surface area (Å²) < 4.78 is 29.2. The molecule has 1 aliphatic carbocycles. The van der Waals surface area contributed by atoms with Gasteiger partial charge < -0.3 is 5.32 Å². The summed E-state index contributed by atoms with van der Waals surface area (Å²) >= 11 is 0. The predicted octanol–water partition coefficient (Wildman–Crippen LogP) is 1.83. The van der Waals surface area contributed by atoms with Crippen molar-refractivity contribution in [2.45, 2.75) is 44.7 Å². The lowest BCUT2D eigenvalue weighted by Gasteiger charge is -2.09. The highest BCUT2D eigenvalue weighted by molar-refractivity contribution is 7.89. The van der Waals surface area contributed by atoms with E-state index in [2.05, 4.69) is 15.1 Å². The van der Waals surface area contributed by atoms with E-state index in [1.807, 2.05) is 18.5 Å². The Morgan fingerprint density at radius 2 is 2.12 bits per heavy atom. The van der Waals surface area contributed by atoms with E-state index in [1.165, 1.54) is 12.1 Å². The van der Waals surface area contributed by atoms with E-state index in [0.717, 1.165) is 30.6 Å². The van der Waals surface area contributed by atoms with E-state index in [0.29, 0.717) is 24.6 Å². The topological polar surface area (TPSA) is 93.1 Å². The van der Waals surface area contributed by atoms with Gasteiger partial charge in [-0.25, -0.2) is 13.1 Å². The van der Waals surface area contributed by atoms with Crippen molar-refractivity contribution < 1.29 is 13.2 Å². The lowest BCUT2D eigenvalue weighted by molar-refractivity contribution is 0.0950. The van der Waals surface area contributed by atoms with Crippen LogP contribution in [0.3, 0.4) is 0 Å². The van der Waals surface area contributed by atoms with Crippen LogP contribution in [0.1, 0.15) is 41.4 Å². The number of carbonyl (C=O) groups is 1. The van der Waals surface area contributed by atoms with Gasteiger partial charge in [0.25, 0.3) is 5.91 Å². The number of amides is 1. The molecule has 0 atom stereocenters. The van der Waals surface area contributed by atoms with Crippen LogP contribution in [0.25, 0.3) is 0 Å². The molecule has 1 amide bonds. The summed E-state index contributed by atoms with van der Waals surface area (Å²) in [4.78, 5) is 12.5. The highest BCUT2D eigenvalue weighted by Crippen LogP contribution is 2.28. The normalized spacial score (nSPS) is 14.4. The van der Waals surface area contributed by atoms with Crippen LogP contribution < -0.4 is 10.0 Å². The lowest BCUT2D eigenvalue weighted by atomic mass is 10.2. The molecule has 0 unspecified atom stereocenters. The molecule has 26 heavy (non-hydrogen) atoms. The van der Waals surface area contributed by atoms with E-state index in [1.54, 1.807) is 18.3 Å². The number of nitrogens with one attached hydrogen (secondary N) is 2. The largest absolute Gasteiger partial charge is 0.348 e. The fourth-order valence-corrected chi connectivity index (χ4v) is 3.85. The van der Waals surface area contributed by atoms with Crippen molar-refractivity contribution in [2.75, 3.05) is 6.54 Å². The number of rotatable bonds is 8. The molecule has 1 heterocycles. The van der Waals surface area contributed by atoms with Gasteiger partial charge in [-0.05, 0) is 50.8 Å². The van der Waals surface area contributed by atoms with Crippen molar-refractivity contribution in [2.24, 2.45) is 5.92 Å². The first-order valence-electron chi connectivity index (χ1n) is 8.80. The molecule has 3 rings (SSSR count). The number of benzene rings is 1. The maximum Gasteiger partial charge on any atom is 0.251 e. The number of hydrogen-bond acceptors (Lipinski definition) is 4. The van der Waals surface area contributed by atoms with Crippen molar-refractivity contribution in [1.82, 2.24) is 19.8 Å². The van der Waals surface area contributed by atoms with Crippen molar-refractivity contribution in [3.05, 3.63) is 47.3 Å². The van der Waals surface area contributed by atoms with E-state index in [4.69, 9.17) is 0 Å². The van der Waals surface area contributed by atoms with Gasteiger partial charge in [-0.3, -0.25) is 9.48 Å². The van der Waals surface area contributed by atoms with Crippen molar-refractivity contribution >= 4 is 15.9 Å². The molecule has 1 saturated carbocycles. The molecular weight excluding hydrogens is 352 g/mol.